The van der Waals surface area contributed by atoms with E-state index in [1.807, 2.05) is 5.38 Å². The van der Waals surface area contributed by atoms with Crippen LogP contribution >= 0.6 is 11.3 Å². The molecule has 13 heavy (non-hydrogen) atoms. The summed E-state index contributed by atoms with van der Waals surface area (Å²) in [5.74, 6) is 0.0153. The van der Waals surface area contributed by atoms with Gasteiger partial charge in [-0.25, -0.2) is 13.4 Å². The first-order valence-electron chi connectivity index (χ1n) is 3.61. The third-order valence-electron chi connectivity index (χ3n) is 1.28. The molecule has 6 heteroatoms. The number of thiazole rings is 1. The van der Waals surface area contributed by atoms with Crippen molar-refractivity contribution in [2.45, 2.75) is 12.4 Å². The van der Waals surface area contributed by atoms with E-state index in [-0.39, 0.29) is 5.75 Å². The van der Waals surface area contributed by atoms with Crippen LogP contribution in [0.1, 0.15) is 10.7 Å². The lowest BCUT2D eigenvalue weighted by Gasteiger charge is -1.92. The zero-order valence-electron chi connectivity index (χ0n) is 7.48. The highest BCUT2D eigenvalue weighted by molar-refractivity contribution is 7.90. The molecular weight excluding hydrogens is 210 g/mol. The third kappa shape index (κ3) is 3.84. The molecule has 1 heterocycles. The highest BCUT2D eigenvalue weighted by Gasteiger charge is 2.08. The van der Waals surface area contributed by atoms with Crippen LogP contribution in [0.15, 0.2) is 5.38 Å². The molecule has 4 nitrogen and oxygen atoms in total. The Hall–Kier alpha value is -0.460. The van der Waals surface area contributed by atoms with E-state index in [4.69, 9.17) is 4.74 Å². The molecular formula is C7H11NO3S2. The van der Waals surface area contributed by atoms with Gasteiger partial charge in [0.15, 0.2) is 9.84 Å². The number of hydrogen-bond donors (Lipinski definition) is 0. The summed E-state index contributed by atoms with van der Waals surface area (Å²) in [5.41, 5.74) is 0.783. The molecule has 0 radical (unpaired) electrons. The Morgan fingerprint density at radius 1 is 1.62 bits per heavy atom. The summed E-state index contributed by atoms with van der Waals surface area (Å²) in [6.45, 7) is 0.431. The zero-order chi connectivity index (χ0) is 9.90. The first-order valence-corrected chi connectivity index (χ1v) is 6.55. The zero-order valence-corrected chi connectivity index (χ0v) is 9.11. The number of nitrogens with zero attached hydrogens (tertiary/aromatic N) is 1. The average Bonchev–Trinajstić information content (AvgIpc) is 2.33. The van der Waals surface area contributed by atoms with Crippen LogP contribution in [0, 0.1) is 0 Å². The Bertz CT molecular complexity index is 369. The molecule has 0 spiro atoms. The fourth-order valence-corrected chi connectivity index (χ4v) is 2.84. The molecule has 0 saturated heterocycles. The summed E-state index contributed by atoms with van der Waals surface area (Å²) in [4.78, 5) is 4.10. The average molecular weight is 221 g/mol. The smallest absolute Gasteiger partial charge is 0.153 e. The van der Waals surface area contributed by atoms with E-state index in [0.717, 1.165) is 5.69 Å². The molecule has 0 bridgehead atoms. The van der Waals surface area contributed by atoms with Crippen molar-refractivity contribution in [2.24, 2.45) is 0 Å². The van der Waals surface area contributed by atoms with Crippen LogP contribution in [0.4, 0.5) is 0 Å². The van der Waals surface area contributed by atoms with Crippen LogP contribution in [-0.4, -0.2) is 26.8 Å². The SMILES string of the molecule is COCc1csc(CS(C)(=O)=O)n1. The van der Waals surface area contributed by atoms with E-state index in [0.29, 0.717) is 11.6 Å². The molecule has 0 saturated carbocycles. The molecule has 0 aromatic carbocycles. The number of methoxy groups -OCH3 is 1. The van der Waals surface area contributed by atoms with E-state index in [1.54, 1.807) is 7.11 Å². The van der Waals surface area contributed by atoms with Gasteiger partial charge in [0.05, 0.1) is 12.3 Å². The van der Waals surface area contributed by atoms with Gasteiger partial charge in [0.2, 0.25) is 0 Å². The van der Waals surface area contributed by atoms with Gasteiger partial charge in [0.25, 0.3) is 0 Å². The van der Waals surface area contributed by atoms with Crippen molar-refractivity contribution >= 4 is 21.2 Å². The predicted octanol–water partition coefficient (Wildman–Crippen LogP) is 0.834. The lowest BCUT2D eigenvalue weighted by Crippen LogP contribution is -2.00. The topological polar surface area (TPSA) is 56.3 Å². The Morgan fingerprint density at radius 3 is 2.85 bits per heavy atom. The molecule has 0 fully saturated rings. The van der Waals surface area contributed by atoms with E-state index < -0.39 is 9.84 Å². The van der Waals surface area contributed by atoms with Gasteiger partial charge in [-0.3, -0.25) is 0 Å². The monoisotopic (exact) mass is 221 g/mol. The van der Waals surface area contributed by atoms with E-state index in [2.05, 4.69) is 4.98 Å². The van der Waals surface area contributed by atoms with Gasteiger partial charge in [-0.15, -0.1) is 11.3 Å². The van der Waals surface area contributed by atoms with E-state index in [9.17, 15) is 8.42 Å². The van der Waals surface area contributed by atoms with Crippen molar-refractivity contribution in [2.75, 3.05) is 13.4 Å². The summed E-state index contributed by atoms with van der Waals surface area (Å²) in [6, 6.07) is 0. The van der Waals surface area contributed by atoms with Crippen LogP contribution in [0.3, 0.4) is 0 Å². The fraction of sp³-hybridized carbons (Fsp3) is 0.571. The number of rotatable bonds is 4. The van der Waals surface area contributed by atoms with Crippen molar-refractivity contribution < 1.29 is 13.2 Å². The Kier molecular flexibility index (Phi) is 3.40. The van der Waals surface area contributed by atoms with Crippen LogP contribution in [0.25, 0.3) is 0 Å². The number of sulfone groups is 1. The Labute approximate surface area is 81.5 Å². The minimum absolute atomic E-state index is 0.0153. The van der Waals surface area contributed by atoms with E-state index >= 15 is 0 Å². The molecule has 0 amide bonds. The molecule has 0 N–H and O–H groups in total. The summed E-state index contributed by atoms with van der Waals surface area (Å²) < 4.78 is 26.7. The highest BCUT2D eigenvalue weighted by atomic mass is 32.2. The van der Waals surface area contributed by atoms with Crippen molar-refractivity contribution in [3.63, 3.8) is 0 Å². The minimum atomic E-state index is -2.97. The van der Waals surface area contributed by atoms with Gasteiger partial charge < -0.3 is 4.74 Å². The van der Waals surface area contributed by atoms with Crippen LogP contribution in [0.2, 0.25) is 0 Å². The lowest BCUT2D eigenvalue weighted by molar-refractivity contribution is 0.182. The second-order valence-electron chi connectivity index (χ2n) is 2.74. The van der Waals surface area contributed by atoms with Gasteiger partial charge in [-0.1, -0.05) is 0 Å². The molecule has 1 aromatic heterocycles. The van der Waals surface area contributed by atoms with Crippen molar-refractivity contribution in [1.29, 1.82) is 0 Å². The summed E-state index contributed by atoms with van der Waals surface area (Å²) in [6.07, 6.45) is 1.20. The molecule has 0 aliphatic heterocycles. The quantitative estimate of drug-likeness (QED) is 0.756. The normalized spacial score (nSPS) is 11.8. The molecule has 0 aliphatic rings. The Morgan fingerprint density at radius 2 is 2.31 bits per heavy atom. The minimum Gasteiger partial charge on any atom is -0.378 e. The second-order valence-corrected chi connectivity index (χ2v) is 5.82. The standard InChI is InChI=1S/C7H11NO3S2/c1-11-3-6-4-12-7(8-6)5-13(2,9)10/h4H,3,5H2,1-2H3. The van der Waals surface area contributed by atoms with Crippen LogP contribution < -0.4 is 0 Å². The second kappa shape index (κ2) is 4.17. The molecule has 1 rings (SSSR count). The lowest BCUT2D eigenvalue weighted by atomic mass is 10.5. The molecule has 74 valence electrons. The van der Waals surface area contributed by atoms with Crippen LogP contribution in [-0.2, 0) is 26.9 Å². The van der Waals surface area contributed by atoms with Crippen molar-refractivity contribution in [3.05, 3.63) is 16.1 Å². The number of ether oxygens (including phenoxy) is 1. The van der Waals surface area contributed by atoms with Crippen molar-refractivity contribution in [1.82, 2.24) is 4.98 Å². The third-order valence-corrected chi connectivity index (χ3v) is 3.16. The maximum Gasteiger partial charge on any atom is 0.153 e. The summed E-state index contributed by atoms with van der Waals surface area (Å²) in [5, 5.41) is 2.43. The van der Waals surface area contributed by atoms with E-state index in [1.165, 1.54) is 17.6 Å². The van der Waals surface area contributed by atoms with Gasteiger partial charge in [-0.2, -0.15) is 0 Å². The van der Waals surface area contributed by atoms with Gasteiger partial charge in [0.1, 0.15) is 10.8 Å². The molecule has 0 unspecified atom stereocenters. The highest BCUT2D eigenvalue weighted by Crippen LogP contribution is 2.12. The molecule has 0 atom stereocenters. The summed E-state index contributed by atoms with van der Waals surface area (Å²) >= 11 is 1.35. The predicted molar refractivity (Wildman–Crippen MR) is 51.4 cm³/mol. The summed E-state index contributed by atoms with van der Waals surface area (Å²) in [7, 11) is -1.39. The van der Waals surface area contributed by atoms with Gasteiger partial charge in [-0.05, 0) is 0 Å². The van der Waals surface area contributed by atoms with Crippen molar-refractivity contribution in [3.8, 4) is 0 Å². The first kappa shape index (κ1) is 10.6. The maximum atomic E-state index is 10.9. The van der Waals surface area contributed by atoms with Gasteiger partial charge in [0, 0.05) is 18.7 Å². The molecule has 0 aliphatic carbocycles. The maximum absolute atomic E-state index is 10.9. The first-order chi connectivity index (χ1) is 6.01. The number of aromatic nitrogens is 1. The fourth-order valence-electron chi connectivity index (χ4n) is 0.854. The van der Waals surface area contributed by atoms with Gasteiger partial charge >= 0.3 is 0 Å². The Balaban J connectivity index is 2.69. The van der Waals surface area contributed by atoms with Crippen LogP contribution in [0.5, 0.6) is 0 Å². The molecule has 1 aromatic rings. The largest absolute Gasteiger partial charge is 0.378 e. The number of hydrogen-bond acceptors (Lipinski definition) is 5.